The minimum absolute atomic E-state index is 0.648. The summed E-state index contributed by atoms with van der Waals surface area (Å²) in [6.07, 6.45) is 9.95. The van der Waals surface area contributed by atoms with Gasteiger partial charge >= 0.3 is 81.5 Å². The molecule has 0 bridgehead atoms. The molecule has 1 aliphatic rings. The predicted molar refractivity (Wildman–Crippen MR) is 104 cm³/mol. The Hall–Kier alpha value is 1.98. The maximum atomic E-state index is 9.45. The molecule has 1 aliphatic carbocycles. The molecule has 0 aliphatic heterocycles. The number of hydrogen-bond donors (Lipinski definition) is 1. The van der Waals surface area contributed by atoms with Crippen LogP contribution in [0.4, 0.5) is 0 Å². The Morgan fingerprint density at radius 1 is 1.21 bits per heavy atom. The summed E-state index contributed by atoms with van der Waals surface area (Å²) in [6, 6.07) is 0. The molecule has 0 amide bonds. The van der Waals surface area contributed by atoms with Gasteiger partial charge in [0.05, 0.1) is 0 Å². The first-order valence-electron chi connectivity index (χ1n) is 6.43. The van der Waals surface area contributed by atoms with Crippen molar-refractivity contribution in [2.75, 3.05) is 12.3 Å². The maximum absolute atomic E-state index is 9.45. The van der Waals surface area contributed by atoms with Crippen molar-refractivity contribution < 1.29 is 13.0 Å². The average Bonchev–Trinajstić information content (AvgIpc) is 2.66. The quantitative estimate of drug-likeness (QED) is 0.262. The zero-order chi connectivity index (χ0) is 15.1. The second kappa shape index (κ2) is 10.7. The number of hydrogen-bond acceptors (Lipinski definition) is 1. The molecule has 0 aromatic heterocycles. The van der Waals surface area contributed by atoms with Crippen LogP contribution in [0.5, 0.6) is 0 Å². The van der Waals surface area contributed by atoms with Crippen molar-refractivity contribution in [3.8, 4) is 0 Å². The fraction of sp³-hybridized carbons (Fsp3) is 0.714. The molecule has 117 valence electrons. The van der Waals surface area contributed by atoms with Gasteiger partial charge in [-0.3, -0.25) is 0 Å². The van der Waals surface area contributed by atoms with E-state index in [0.717, 1.165) is 12.3 Å². The van der Waals surface area contributed by atoms with E-state index < -0.39 is 16.3 Å². The molecule has 0 aromatic rings. The first-order chi connectivity index (χ1) is 8.62. The Kier molecular flexibility index (Phi) is 11.8. The van der Waals surface area contributed by atoms with E-state index in [2.05, 4.69) is 90.5 Å². The van der Waals surface area contributed by atoms with Gasteiger partial charge in [-0.15, -0.1) is 0 Å². The monoisotopic (exact) mass is 689 g/mol. The van der Waals surface area contributed by atoms with Gasteiger partial charge in [-0.25, -0.2) is 0 Å². The van der Waals surface area contributed by atoms with Gasteiger partial charge in [0.15, 0.2) is 0 Å². The molecular formula is C14H27I2IrOP. The van der Waals surface area contributed by atoms with Crippen molar-refractivity contribution in [1.29, 1.82) is 0 Å². The summed E-state index contributed by atoms with van der Waals surface area (Å²) >= 11 is 5.29. The Morgan fingerprint density at radius 3 is 1.89 bits per heavy atom. The van der Waals surface area contributed by atoms with E-state index in [1.54, 1.807) is 4.09 Å². The number of rotatable bonds is 5. The summed E-state index contributed by atoms with van der Waals surface area (Å²) in [5.74, 6) is 1.30. The van der Waals surface area contributed by atoms with Crippen LogP contribution >= 0.6 is 47.3 Å². The van der Waals surface area contributed by atoms with Crippen LogP contribution in [0.25, 0.3) is 0 Å². The molecule has 0 heterocycles. The van der Waals surface area contributed by atoms with Gasteiger partial charge in [-0.2, -0.15) is 0 Å². The zero-order valence-corrected chi connectivity index (χ0v) is 20.1. The number of allylic oxidation sites excluding steroid dienone is 4. The van der Waals surface area contributed by atoms with E-state index in [1.807, 2.05) is 0 Å². The standard InChI is InChI=1S/C8H19OP.C5H5.CH3.2HI.Ir/c1-7(2)5-10(9)6-8(3)4;1-2-4-5-3-1;;;;/h7-9H,5-6H2,1-4H3;1-3H,4H2;1H3;2*1H;/q;;;;;+2/p-2. The fourth-order valence-corrected chi connectivity index (χ4v) is 9.82. The Labute approximate surface area is 145 Å². The van der Waals surface area contributed by atoms with E-state index in [-0.39, 0.29) is 0 Å². The molecule has 1 rings (SSSR count). The van der Waals surface area contributed by atoms with Crippen LogP contribution in [0.15, 0.2) is 22.3 Å². The normalized spacial score (nSPS) is 15.8. The topological polar surface area (TPSA) is 20.2 Å². The van der Waals surface area contributed by atoms with E-state index in [4.69, 9.17) is 0 Å². The summed E-state index contributed by atoms with van der Waals surface area (Å²) < 4.78 is 1.70. The van der Waals surface area contributed by atoms with E-state index >= 15 is 0 Å². The molecule has 1 nitrogen and oxygen atoms in total. The third kappa shape index (κ3) is 12.2. The Bertz CT molecular complexity index is 299. The van der Waals surface area contributed by atoms with Crippen molar-refractivity contribution in [3.05, 3.63) is 22.3 Å². The summed E-state index contributed by atoms with van der Waals surface area (Å²) in [4.78, 5) is 9.45. The van der Waals surface area contributed by atoms with E-state index in [0.29, 0.717) is 11.8 Å². The third-order valence-corrected chi connectivity index (χ3v) is 15.7. The molecule has 0 saturated carbocycles. The van der Waals surface area contributed by atoms with Crippen LogP contribution in [0.1, 0.15) is 34.1 Å². The van der Waals surface area contributed by atoms with Crippen molar-refractivity contribution in [3.63, 3.8) is 0 Å². The van der Waals surface area contributed by atoms with Crippen LogP contribution in [-0.4, -0.2) is 17.2 Å². The summed E-state index contributed by atoms with van der Waals surface area (Å²) in [6.45, 7) is 8.63. The first kappa shape index (κ1) is 21.0. The van der Waals surface area contributed by atoms with E-state index in [1.165, 1.54) is 6.42 Å². The third-order valence-electron chi connectivity index (χ3n) is 2.24. The summed E-state index contributed by atoms with van der Waals surface area (Å²) in [5, 5.41) is 0. The van der Waals surface area contributed by atoms with Gasteiger partial charge < -0.3 is 4.89 Å². The van der Waals surface area contributed by atoms with Crippen molar-refractivity contribution in [2.45, 2.75) is 39.6 Å². The summed E-state index contributed by atoms with van der Waals surface area (Å²) in [5.41, 5.74) is 2.42. The fourth-order valence-electron chi connectivity index (χ4n) is 1.55. The van der Waals surface area contributed by atoms with Crippen LogP contribution in [0.3, 0.4) is 0 Å². The molecule has 0 saturated heterocycles. The van der Waals surface area contributed by atoms with Gasteiger partial charge in [0.1, 0.15) is 0 Å². The van der Waals surface area contributed by atoms with Crippen LogP contribution in [0, 0.1) is 11.8 Å². The van der Waals surface area contributed by atoms with Crippen molar-refractivity contribution in [2.24, 2.45) is 11.8 Å². The SMILES string of the molecule is CC(C)CP(O)CC(C)C.[CH3][Ir]([I])([I])[C]1=CC=CC1. The average molecular weight is 688 g/mol. The zero-order valence-electron chi connectivity index (χ0n) is 12.5. The molecule has 5 heteroatoms. The van der Waals surface area contributed by atoms with Gasteiger partial charge in [-0.1, -0.05) is 27.7 Å². The first-order valence-corrected chi connectivity index (χ1v) is 25.3. The second-order valence-corrected chi connectivity index (χ2v) is 47.8. The molecule has 0 unspecified atom stereocenters. The molecule has 0 atom stereocenters. The summed E-state index contributed by atoms with van der Waals surface area (Å²) in [7, 11) is -2.10. The molecule has 19 heavy (non-hydrogen) atoms. The van der Waals surface area contributed by atoms with Gasteiger partial charge in [0.2, 0.25) is 0 Å². The van der Waals surface area contributed by atoms with Crippen LogP contribution in [-0.2, 0) is 8.12 Å². The molecule has 0 fully saturated rings. The van der Waals surface area contributed by atoms with Crippen molar-refractivity contribution in [1.82, 2.24) is 0 Å². The Balaban J connectivity index is 0.000000342. The minimum atomic E-state index is -1.44. The molecule has 0 radical (unpaired) electrons. The molecule has 0 spiro atoms. The van der Waals surface area contributed by atoms with Gasteiger partial charge in [0.25, 0.3) is 0 Å². The van der Waals surface area contributed by atoms with Gasteiger partial charge in [-0.05, 0) is 24.2 Å². The predicted octanol–water partition coefficient (Wildman–Crippen LogP) is 6.42. The van der Waals surface area contributed by atoms with Crippen molar-refractivity contribution >= 4 is 47.3 Å². The van der Waals surface area contributed by atoms with E-state index in [9.17, 15) is 4.89 Å². The number of halogens is 2. The van der Waals surface area contributed by atoms with Crippen LogP contribution < -0.4 is 0 Å². The second-order valence-electron chi connectivity index (χ2n) is 5.47. The molecular weight excluding hydrogens is 661 g/mol. The molecule has 0 aromatic carbocycles. The Morgan fingerprint density at radius 2 is 1.68 bits per heavy atom. The van der Waals surface area contributed by atoms with Gasteiger partial charge in [0, 0.05) is 8.15 Å². The molecule has 1 N–H and O–H groups in total. The van der Waals surface area contributed by atoms with Crippen LogP contribution in [0.2, 0.25) is 5.44 Å².